The van der Waals surface area contributed by atoms with Gasteiger partial charge in [0.1, 0.15) is 5.78 Å². The lowest BCUT2D eigenvalue weighted by atomic mass is 9.34. The predicted octanol–water partition coefficient (Wildman–Crippen LogP) is 10.6. The summed E-state index contributed by atoms with van der Waals surface area (Å²) in [5.41, 5.74) is -5.80. The maximum Gasteiger partial charge on any atom is 0.320 e. The van der Waals surface area contributed by atoms with Gasteiger partial charge >= 0.3 is 29.8 Å². The maximum absolute atomic E-state index is 13.3. The Bertz CT molecular complexity index is 3600. The lowest BCUT2D eigenvalue weighted by Crippen LogP contribution is -2.73. The Hall–Kier alpha value is -4.41. The van der Waals surface area contributed by atoms with Gasteiger partial charge in [0.25, 0.3) is 0 Å². The first-order chi connectivity index (χ1) is 46.6. The third-order valence-corrected chi connectivity index (χ3v) is 34.5. The molecule has 0 radical (unpaired) electrons. The first kappa shape index (κ1) is 79.6. The van der Waals surface area contributed by atoms with E-state index in [1.165, 1.54) is 0 Å². The topological polar surface area (TPSA) is 337 Å². The highest BCUT2D eigenvalue weighted by molar-refractivity contribution is 7.37. The van der Waals surface area contributed by atoms with Gasteiger partial charge in [0.05, 0.1) is 75.0 Å². The van der Waals surface area contributed by atoms with Gasteiger partial charge in [-0.3, -0.25) is 38.4 Å². The smallest absolute Gasteiger partial charge is 0.320 e. The van der Waals surface area contributed by atoms with Gasteiger partial charge in [-0.05, 0) is 259 Å². The zero-order valence-corrected chi connectivity index (χ0v) is 60.0. The molecule has 574 valence electrons. The first-order valence-corrected chi connectivity index (χ1v) is 38.0. The van der Waals surface area contributed by atoms with Crippen molar-refractivity contribution in [1.29, 1.82) is 0 Å². The van der Waals surface area contributed by atoms with Crippen LogP contribution in [0.2, 0.25) is 0 Å². The lowest BCUT2D eigenvalue weighted by molar-refractivity contribution is -0.278. The number of ketones is 3. The minimum atomic E-state index is -1.10. The van der Waals surface area contributed by atoms with Gasteiger partial charge < -0.3 is 68.9 Å². The van der Waals surface area contributed by atoms with Crippen LogP contribution in [0.5, 0.6) is 0 Å². The normalized spacial score (nSPS) is 51.9. The number of aliphatic hydroxyl groups excluding tert-OH is 7. The van der Waals surface area contributed by atoms with Crippen LogP contribution in [0.3, 0.4) is 0 Å². The van der Waals surface area contributed by atoms with Crippen LogP contribution < -0.4 is 0 Å². The van der Waals surface area contributed by atoms with E-state index in [2.05, 4.69) is 33.2 Å². The molecule has 12 unspecified atom stereocenters. The molecule has 0 aromatic rings. The van der Waals surface area contributed by atoms with E-state index in [0.29, 0.717) is 94.8 Å². The number of Topliss-reactive ketones (excluding diaryl/α,β-unsaturated/α-hetero) is 3. The molecule has 20 aliphatic carbocycles. The third kappa shape index (κ3) is 9.55. The molecule has 22 aliphatic rings. The second kappa shape index (κ2) is 25.9. The van der Waals surface area contributed by atoms with Crippen LogP contribution >= 0.6 is 0 Å². The Kier molecular flexibility index (Phi) is 20.0. The summed E-state index contributed by atoms with van der Waals surface area (Å²) < 4.78 is 11.0. The van der Waals surface area contributed by atoms with Gasteiger partial charge in [0.2, 0.25) is 0 Å². The van der Waals surface area contributed by atoms with Crippen molar-refractivity contribution >= 4 is 60.7 Å². The van der Waals surface area contributed by atoms with Gasteiger partial charge in [-0.15, -0.1) is 0 Å². The van der Waals surface area contributed by atoms with E-state index in [0.717, 1.165) is 101 Å². The van der Waals surface area contributed by atoms with Crippen LogP contribution in [0.4, 0.5) is 0 Å². The molecule has 2 saturated heterocycles. The van der Waals surface area contributed by atoms with Gasteiger partial charge in [-0.2, -0.15) is 0 Å². The van der Waals surface area contributed by atoms with Crippen molar-refractivity contribution in [1.82, 2.24) is 0 Å². The Morgan fingerprint density at radius 1 is 0.447 bits per heavy atom. The van der Waals surface area contributed by atoms with Crippen molar-refractivity contribution in [3.8, 4) is 0 Å². The average molecular weight is 1450 g/mol. The van der Waals surface area contributed by atoms with Crippen LogP contribution in [0.25, 0.3) is 0 Å². The Morgan fingerprint density at radius 3 is 1.45 bits per heavy atom. The highest BCUT2D eigenvalue weighted by Gasteiger charge is 2.80. The zero-order chi connectivity index (χ0) is 71.1. The summed E-state index contributed by atoms with van der Waals surface area (Å²) in [4.78, 5) is 103. The molecular formula is C83H121O19S-. The van der Waals surface area contributed by atoms with Crippen LogP contribution in [0, 0.1) is 136 Å². The summed E-state index contributed by atoms with van der Waals surface area (Å²) in [6.07, 6.45) is 15.8. The van der Waals surface area contributed by atoms with E-state index in [1.807, 2.05) is 20.8 Å². The minimum Gasteiger partial charge on any atom is -0.813 e. The summed E-state index contributed by atoms with van der Waals surface area (Å²) in [5.74, 6) is -4.07. The van der Waals surface area contributed by atoms with Gasteiger partial charge in [-0.1, -0.05) is 95.1 Å². The number of thiol groups is 1. The van der Waals surface area contributed by atoms with Crippen molar-refractivity contribution < 1.29 is 93.8 Å². The van der Waals surface area contributed by atoms with Gasteiger partial charge in [0.15, 0.2) is 11.6 Å². The van der Waals surface area contributed by atoms with E-state index in [4.69, 9.17) is 9.47 Å². The number of aliphatic carboxylic acids is 2. The largest absolute Gasteiger partial charge is 0.813 e. The van der Waals surface area contributed by atoms with Crippen LogP contribution in [-0.4, -0.2) is 143 Å². The van der Waals surface area contributed by atoms with Gasteiger partial charge in [-0.25, -0.2) is 0 Å². The summed E-state index contributed by atoms with van der Waals surface area (Å²) in [7, 11) is 0. The Balaban J connectivity index is 0.000000136. The van der Waals surface area contributed by atoms with E-state index >= 15 is 0 Å². The van der Waals surface area contributed by atoms with Crippen molar-refractivity contribution in [3.63, 3.8) is 0 Å². The van der Waals surface area contributed by atoms with E-state index in [-0.39, 0.29) is 162 Å². The molecule has 29 atom stereocenters. The summed E-state index contributed by atoms with van der Waals surface area (Å²) in [5, 5.41) is 96.3. The Labute approximate surface area is 616 Å². The Morgan fingerprint density at radius 2 is 0.893 bits per heavy atom. The summed E-state index contributed by atoms with van der Waals surface area (Å²) >= 11 is 0. The van der Waals surface area contributed by atoms with Crippen LogP contribution in [0.15, 0.2) is 48.6 Å². The summed E-state index contributed by atoms with van der Waals surface area (Å²) in [6.45, 7) is 24.5. The lowest BCUT2D eigenvalue weighted by Gasteiger charge is -2.71. The van der Waals surface area contributed by atoms with Crippen LogP contribution in [-0.2, 0) is 61.3 Å². The second-order valence-corrected chi connectivity index (χ2v) is 37.2. The fourth-order valence-corrected chi connectivity index (χ4v) is 29.5. The monoisotopic (exact) mass is 1450 g/mol. The molecule has 22 rings (SSSR count). The molecule has 12 bridgehead atoms. The van der Waals surface area contributed by atoms with Gasteiger partial charge in [0, 0.05) is 35.9 Å². The zero-order valence-electron chi connectivity index (χ0n) is 59.1. The molecule has 9 N–H and O–H groups in total. The highest BCUT2D eigenvalue weighted by Crippen LogP contribution is 2.78. The maximum atomic E-state index is 13.3. The highest BCUT2D eigenvalue weighted by atomic mass is 32.1. The quantitative estimate of drug-likeness (QED) is 0.0315. The fraction of sp³-hybridized carbons (Fsp3) is 0.807. The number of ether oxygens (including phenoxy) is 2. The molecule has 20 heteroatoms. The number of hydrogen-bond donors (Lipinski definition) is 9. The molecule has 0 amide bonds. The molecule has 22 fully saturated rings. The molecule has 20 saturated carbocycles. The predicted molar refractivity (Wildman–Crippen MR) is 385 cm³/mol. The average Bonchev–Trinajstić information content (AvgIpc) is 0.688. The number of hydrogen-bond acceptors (Lipinski definition) is 18. The fourth-order valence-electron chi connectivity index (χ4n) is 29.5. The van der Waals surface area contributed by atoms with E-state index in [1.54, 1.807) is 0 Å². The number of rotatable bonds is 4. The number of aliphatic hydroxyl groups is 7. The molecule has 0 aromatic heterocycles. The SMILES string of the molecule is C.C.C.C=C1C(=O)C23CC[C@H]1CC2[C@@]12CCC[C@@](C)(C(=O)OC1=O)C2CC3=O.C=C1C(=O)C23CC[C@H]1CC2[C@]1(C(=O)O)CCC[C@@](C)(CO)C1C[C@H]3O.C=C1[C@H]2CCC3(C(C2)[C@@]24CCC[C@@](C)(COC2=O)C4C[C@H]3O)[C@H]1O.C=C1[C@H]2CCC3(C(C2)[C@]2(C(=O)O)CCC[C@@](C)(CO)C2C[C@H]3O)[C@H]1O.[SH-]. The number of cyclic esters (lactones) is 3. The molecule has 2 aliphatic heterocycles. The molecular weight excluding hydrogens is 1330 g/mol. The van der Waals surface area contributed by atoms with Crippen molar-refractivity contribution in [2.45, 2.75) is 260 Å². The second-order valence-electron chi connectivity index (χ2n) is 37.2. The molecule has 103 heavy (non-hydrogen) atoms. The first-order valence-electron chi connectivity index (χ1n) is 38.0. The van der Waals surface area contributed by atoms with E-state index < -0.39 is 114 Å². The number of carboxylic acid groups (broad SMARTS) is 2. The van der Waals surface area contributed by atoms with Crippen molar-refractivity contribution in [2.24, 2.45) is 136 Å². The number of fused-ring (bicyclic) bond motifs is 10. The number of carbonyl (C=O) groups excluding carboxylic acids is 6. The molecule has 0 aromatic carbocycles. The number of allylic oxidation sites excluding steroid dienone is 2. The molecule has 4 spiro atoms. The minimum absolute atomic E-state index is 0. The number of carbonyl (C=O) groups is 8. The standard InChI is InChI=1S/C20H22O5.C20H30O5.C20H28O5.C20H28O4.3CH4.H2S/c1-10-11-4-7-20(15(10)22)13(8-11)19-6-3-5-18(2,12(19)9-14(20)21)16(23)25-17(19)24;2*1-11-12-4-7-20(16(11)23)14(8-12)19(17(24)25)6-3-5-18(2,10-21)13(19)9-15(20)22;1-11-12-4-7-20(16(11)22)14(8-12)19-6-3-5-18(2,10-24-17(19)23)13(19)9-15(20)21;;;;/h11-13H,1,3-9H2,2H3;12-16,21-23H,1,3-10H2,2H3,(H,24,25);12-15,21-22H,1,3-10H2,2H3,(H,24,25);12-16,21-22H,1,3-10H2,2H3;3*1H4;1H2/p-1/t11-,12?,13?,18+,19-,20?;12-,13?,14?,15+,16-,18-,19-,20?;12-,13?,14?,15+,18-,19-,20?;12-,13?,14?,15+,16-,18-,19-,20?;;;;/m0000..../s1. The van der Waals surface area contributed by atoms with Crippen molar-refractivity contribution in [2.75, 3.05) is 19.8 Å². The van der Waals surface area contributed by atoms with E-state index in [9.17, 15) is 84.3 Å². The molecule has 2 heterocycles. The number of carboxylic acids is 2. The summed E-state index contributed by atoms with van der Waals surface area (Å²) in [6, 6.07) is 0. The molecule has 19 nitrogen and oxygen atoms in total. The number of esters is 3. The van der Waals surface area contributed by atoms with Crippen molar-refractivity contribution in [3.05, 3.63) is 48.6 Å². The van der Waals surface area contributed by atoms with Crippen LogP contribution in [0.1, 0.15) is 230 Å². The third-order valence-electron chi connectivity index (χ3n) is 34.5.